The van der Waals surface area contributed by atoms with Gasteiger partial charge in [0, 0.05) is 22.1 Å². The fourth-order valence-corrected chi connectivity index (χ4v) is 2.67. The van der Waals surface area contributed by atoms with E-state index in [0.717, 1.165) is 15.7 Å². The van der Waals surface area contributed by atoms with Crippen LogP contribution >= 0.6 is 27.3 Å². The molecule has 3 aromatic heterocycles. The lowest BCUT2D eigenvalue weighted by Crippen LogP contribution is -2.07. The van der Waals surface area contributed by atoms with Gasteiger partial charge in [-0.1, -0.05) is 0 Å². The summed E-state index contributed by atoms with van der Waals surface area (Å²) in [6, 6.07) is 1.87. The van der Waals surface area contributed by atoms with Gasteiger partial charge >= 0.3 is 5.97 Å². The van der Waals surface area contributed by atoms with Gasteiger partial charge < -0.3 is 9.72 Å². The summed E-state index contributed by atoms with van der Waals surface area (Å²) in [6.45, 7) is 1.75. The molecule has 0 saturated carbocycles. The summed E-state index contributed by atoms with van der Waals surface area (Å²) in [7, 11) is 0. The van der Waals surface area contributed by atoms with Gasteiger partial charge in [-0.3, -0.25) is 0 Å². The number of hydrogen-bond donors (Lipinski definition) is 1. The molecule has 1 N–H and O–H groups in total. The van der Waals surface area contributed by atoms with Crippen molar-refractivity contribution in [2.24, 2.45) is 0 Å². The Hall–Kier alpha value is -2.06. The van der Waals surface area contributed by atoms with Gasteiger partial charge in [0.1, 0.15) is 5.82 Å². The molecule has 8 heteroatoms. The molecule has 3 rings (SSSR count). The third kappa shape index (κ3) is 3.40. The number of esters is 1. The van der Waals surface area contributed by atoms with Gasteiger partial charge in [0.05, 0.1) is 16.7 Å². The zero-order valence-corrected chi connectivity index (χ0v) is 13.9. The summed E-state index contributed by atoms with van der Waals surface area (Å²) < 4.78 is 6.16. The van der Waals surface area contributed by atoms with Crippen LogP contribution in [0.5, 0.6) is 0 Å². The third-order valence-corrected chi connectivity index (χ3v) is 3.88. The van der Waals surface area contributed by atoms with Gasteiger partial charge in [0.2, 0.25) is 0 Å². The van der Waals surface area contributed by atoms with Crippen LogP contribution in [0.15, 0.2) is 33.7 Å². The normalized spacial score (nSPS) is 12.8. The largest absolute Gasteiger partial charge is 0.451 e. The molecule has 0 bridgehead atoms. The molecule has 0 aliphatic rings. The second kappa shape index (κ2) is 6.37. The Bertz CT molecular complexity index is 829. The lowest BCUT2D eigenvalue weighted by Gasteiger charge is -2.08. The Morgan fingerprint density at radius 1 is 1.50 bits per heavy atom. The van der Waals surface area contributed by atoms with Crippen molar-refractivity contribution in [2.45, 2.75) is 13.0 Å². The number of nitrogens with zero attached hydrogens (tertiary/aromatic N) is 3. The molecule has 22 heavy (non-hydrogen) atoms. The van der Waals surface area contributed by atoms with E-state index in [-0.39, 0.29) is 0 Å². The van der Waals surface area contributed by atoms with Crippen LogP contribution in [0, 0.1) is 0 Å². The molecule has 0 aliphatic carbocycles. The highest BCUT2D eigenvalue weighted by atomic mass is 79.9. The number of aromatic amines is 1. The first-order valence-corrected chi connectivity index (χ1v) is 8.13. The number of aromatic nitrogens is 4. The Balaban J connectivity index is 1.69. The molecular weight excluding hydrogens is 368 g/mol. The van der Waals surface area contributed by atoms with Gasteiger partial charge in [0.25, 0.3) is 0 Å². The predicted octanol–water partition coefficient (Wildman–Crippen LogP) is 3.49. The van der Waals surface area contributed by atoms with Crippen LogP contribution in [0.1, 0.15) is 24.5 Å². The van der Waals surface area contributed by atoms with Crippen LogP contribution in [0.4, 0.5) is 0 Å². The molecule has 0 saturated heterocycles. The number of ether oxygens (including phenoxy) is 1. The number of nitrogens with one attached hydrogen (secondary N) is 1. The molecule has 3 heterocycles. The number of halogens is 1. The summed E-state index contributed by atoms with van der Waals surface area (Å²) in [4.78, 5) is 27.4. The van der Waals surface area contributed by atoms with Crippen LogP contribution in [0.3, 0.4) is 0 Å². The van der Waals surface area contributed by atoms with Crippen molar-refractivity contribution in [3.05, 3.63) is 45.2 Å². The first kappa shape index (κ1) is 14.9. The smallest absolute Gasteiger partial charge is 0.331 e. The molecule has 1 unspecified atom stereocenters. The Morgan fingerprint density at radius 2 is 2.36 bits per heavy atom. The molecule has 0 amide bonds. The van der Waals surface area contributed by atoms with Crippen LogP contribution in [-0.2, 0) is 9.53 Å². The molecule has 112 valence electrons. The molecule has 0 aliphatic heterocycles. The van der Waals surface area contributed by atoms with Crippen molar-refractivity contribution < 1.29 is 9.53 Å². The van der Waals surface area contributed by atoms with Crippen molar-refractivity contribution in [3.8, 4) is 0 Å². The molecule has 0 radical (unpaired) electrons. The average molecular weight is 379 g/mol. The van der Waals surface area contributed by atoms with Crippen molar-refractivity contribution in [2.75, 3.05) is 0 Å². The minimum atomic E-state index is -0.499. The Labute approximate surface area is 138 Å². The maximum Gasteiger partial charge on any atom is 0.331 e. The second-order valence-corrected chi connectivity index (χ2v) is 6.11. The summed E-state index contributed by atoms with van der Waals surface area (Å²) in [6.07, 6.45) is 4.13. The summed E-state index contributed by atoms with van der Waals surface area (Å²) in [5.41, 5.74) is 3.80. The number of imidazole rings is 1. The first-order chi connectivity index (χ1) is 10.6. The van der Waals surface area contributed by atoms with E-state index < -0.39 is 12.1 Å². The maximum absolute atomic E-state index is 11.8. The highest BCUT2D eigenvalue weighted by molar-refractivity contribution is 9.10. The van der Waals surface area contributed by atoms with Crippen molar-refractivity contribution in [1.82, 2.24) is 19.9 Å². The second-order valence-electron chi connectivity index (χ2n) is 4.47. The monoisotopic (exact) mass is 378 g/mol. The number of carbonyl (C=O) groups excluding carboxylic acids is 1. The summed E-state index contributed by atoms with van der Waals surface area (Å²) in [5.74, 6) is 0.103. The van der Waals surface area contributed by atoms with E-state index in [2.05, 4.69) is 35.9 Å². The molecular formula is C14H11BrN4O2S. The van der Waals surface area contributed by atoms with Crippen LogP contribution in [-0.4, -0.2) is 25.9 Å². The van der Waals surface area contributed by atoms with Crippen molar-refractivity contribution in [3.63, 3.8) is 0 Å². The molecule has 1 atom stereocenters. The minimum absolute atomic E-state index is 0.449. The molecule has 3 aromatic rings. The number of fused-ring (bicyclic) bond motifs is 1. The van der Waals surface area contributed by atoms with E-state index in [1.54, 1.807) is 24.7 Å². The lowest BCUT2D eigenvalue weighted by molar-refractivity contribution is -0.142. The zero-order chi connectivity index (χ0) is 15.5. The topological polar surface area (TPSA) is 80.8 Å². The van der Waals surface area contributed by atoms with Gasteiger partial charge in [-0.05, 0) is 35.0 Å². The predicted molar refractivity (Wildman–Crippen MR) is 87.2 cm³/mol. The average Bonchev–Trinajstić information content (AvgIpc) is 3.13. The standard InChI is InChI=1S/C14H11BrN4O2S/c1-8(21-12(20)3-2-10-6-22-7-17-10)13-18-11-4-9(15)5-16-14(11)19-13/h2-8H,1H3,(H,16,18,19)/b3-2+. The lowest BCUT2D eigenvalue weighted by atomic mass is 10.4. The summed E-state index contributed by atoms with van der Waals surface area (Å²) in [5, 5.41) is 1.84. The highest BCUT2D eigenvalue weighted by Crippen LogP contribution is 2.20. The van der Waals surface area contributed by atoms with Gasteiger partial charge in [-0.15, -0.1) is 11.3 Å². The first-order valence-electron chi connectivity index (χ1n) is 6.40. The molecule has 6 nitrogen and oxygen atoms in total. The number of rotatable bonds is 4. The molecule has 0 fully saturated rings. The SMILES string of the molecule is CC(OC(=O)/C=C/c1cscn1)c1nc2ncc(Br)cc2[nH]1. The highest BCUT2D eigenvalue weighted by Gasteiger charge is 2.15. The van der Waals surface area contributed by atoms with Gasteiger partial charge in [0.15, 0.2) is 11.8 Å². The molecule has 0 spiro atoms. The maximum atomic E-state index is 11.8. The fourth-order valence-electron chi connectivity index (χ4n) is 1.81. The quantitative estimate of drug-likeness (QED) is 0.554. The van der Waals surface area contributed by atoms with E-state index in [1.165, 1.54) is 17.4 Å². The van der Waals surface area contributed by atoms with E-state index in [9.17, 15) is 4.79 Å². The van der Waals surface area contributed by atoms with E-state index in [4.69, 9.17) is 4.74 Å². The van der Waals surface area contributed by atoms with E-state index >= 15 is 0 Å². The number of H-pyrrole nitrogens is 1. The molecule has 0 aromatic carbocycles. The van der Waals surface area contributed by atoms with Gasteiger partial charge in [-0.2, -0.15) is 0 Å². The van der Waals surface area contributed by atoms with Crippen LogP contribution in [0.2, 0.25) is 0 Å². The Morgan fingerprint density at radius 3 is 3.14 bits per heavy atom. The van der Waals surface area contributed by atoms with Crippen molar-refractivity contribution >= 4 is 50.5 Å². The fraction of sp³-hybridized carbons (Fsp3) is 0.143. The van der Waals surface area contributed by atoms with E-state index in [0.29, 0.717) is 11.5 Å². The van der Waals surface area contributed by atoms with Crippen LogP contribution < -0.4 is 0 Å². The van der Waals surface area contributed by atoms with E-state index in [1.807, 2.05) is 11.4 Å². The van der Waals surface area contributed by atoms with Crippen LogP contribution in [0.25, 0.3) is 17.2 Å². The number of pyridine rings is 1. The number of hydrogen-bond acceptors (Lipinski definition) is 6. The number of carbonyl (C=O) groups is 1. The summed E-state index contributed by atoms with van der Waals surface area (Å²) >= 11 is 4.81. The minimum Gasteiger partial charge on any atom is -0.451 e. The number of thiazole rings is 1. The zero-order valence-electron chi connectivity index (χ0n) is 11.5. The third-order valence-electron chi connectivity index (χ3n) is 2.84. The Kier molecular flexibility index (Phi) is 4.30. The van der Waals surface area contributed by atoms with Gasteiger partial charge in [-0.25, -0.2) is 19.7 Å². The van der Waals surface area contributed by atoms with Crippen molar-refractivity contribution in [1.29, 1.82) is 0 Å².